The van der Waals surface area contributed by atoms with Crippen LogP contribution in [0.5, 0.6) is 0 Å². The summed E-state index contributed by atoms with van der Waals surface area (Å²) in [6.07, 6.45) is -1.49. The van der Waals surface area contributed by atoms with Gasteiger partial charge in [0.1, 0.15) is 0 Å². The van der Waals surface area contributed by atoms with Gasteiger partial charge in [-0.1, -0.05) is 32.0 Å². The van der Waals surface area contributed by atoms with Crippen LogP contribution in [-0.4, -0.2) is 81.9 Å². The van der Waals surface area contributed by atoms with Crippen LogP contribution in [0.4, 0.5) is 19.0 Å². The normalized spacial score (nSPS) is 18.5. The number of morpholine rings is 1. The van der Waals surface area contributed by atoms with E-state index in [-0.39, 0.29) is 10.8 Å². The molecule has 2 aromatic rings. The maximum atomic E-state index is 13.4. The smallest absolute Gasteiger partial charge is 0.379 e. The summed E-state index contributed by atoms with van der Waals surface area (Å²) in [6.45, 7) is 9.45. The number of hydrogen-bond acceptors (Lipinski definition) is 7. The van der Waals surface area contributed by atoms with E-state index in [2.05, 4.69) is 29.0 Å². The molecule has 9 nitrogen and oxygen atoms in total. The molecule has 1 amide bonds. The first-order chi connectivity index (χ1) is 19.5. The Bertz CT molecular complexity index is 1250. The standard InChI is InChI=1S/C26H35N3O4S.C2HF3O2/c1-20(2)22-8-10-24(11-9-22)27-26(30)23-6-3-7-25(17-23)34(31,32)29-12-4-5-21(19-29)18-28-13-15-33-16-14-28;3-1(4)2(6)7-5/h3,6-11,17,20-21H,4-5,12-16,18-19H2,1-2H3,(H,27,30);1H. The molecule has 0 saturated carbocycles. The van der Waals surface area contributed by atoms with Gasteiger partial charge in [-0.25, -0.2) is 18.2 Å². The molecule has 2 aliphatic rings. The zero-order valence-corrected chi connectivity index (χ0v) is 23.9. The van der Waals surface area contributed by atoms with E-state index in [0.717, 1.165) is 45.7 Å². The predicted octanol–water partition coefficient (Wildman–Crippen LogP) is 4.47. The van der Waals surface area contributed by atoms with E-state index < -0.39 is 22.4 Å². The highest BCUT2D eigenvalue weighted by Gasteiger charge is 2.31. The second-order valence-electron chi connectivity index (χ2n) is 10.2. The summed E-state index contributed by atoms with van der Waals surface area (Å²) in [6, 6.07) is 14.1. The highest BCUT2D eigenvalue weighted by atomic mass is 32.2. The predicted molar refractivity (Wildman–Crippen MR) is 147 cm³/mol. The Morgan fingerprint density at radius 1 is 1.07 bits per heavy atom. The van der Waals surface area contributed by atoms with Crippen LogP contribution >= 0.6 is 0 Å². The third kappa shape index (κ3) is 9.52. The molecule has 0 radical (unpaired) electrons. The van der Waals surface area contributed by atoms with Gasteiger partial charge in [-0.3, -0.25) is 9.69 Å². The molecule has 1 atom stereocenters. The zero-order chi connectivity index (χ0) is 30.0. The van der Waals surface area contributed by atoms with Gasteiger partial charge in [-0.2, -0.15) is 13.1 Å². The molecule has 13 heteroatoms. The van der Waals surface area contributed by atoms with E-state index >= 15 is 0 Å². The number of halogens is 3. The van der Waals surface area contributed by atoms with Gasteiger partial charge in [-0.05, 0) is 60.6 Å². The lowest BCUT2D eigenvalue weighted by Gasteiger charge is -2.36. The third-order valence-electron chi connectivity index (χ3n) is 6.93. The summed E-state index contributed by atoms with van der Waals surface area (Å²) < 4.78 is 65.6. The maximum Gasteiger partial charge on any atom is 0.414 e. The first kappa shape index (κ1) is 32.5. The Kier molecular flexibility index (Phi) is 12.1. The molecule has 2 aromatic carbocycles. The second kappa shape index (κ2) is 15.3. The summed E-state index contributed by atoms with van der Waals surface area (Å²) in [5.74, 6) is -1.75. The summed E-state index contributed by atoms with van der Waals surface area (Å²) in [5.41, 5.74) is 2.21. The number of benzene rings is 2. The number of rotatable bonds is 8. The minimum Gasteiger partial charge on any atom is -0.379 e. The van der Waals surface area contributed by atoms with Crippen molar-refractivity contribution in [3.05, 3.63) is 59.7 Å². The summed E-state index contributed by atoms with van der Waals surface area (Å²) in [4.78, 5) is 26.6. The number of carbonyl (C=O) groups excluding carboxylic acids is 2. The minimum atomic E-state index is -3.67. The van der Waals surface area contributed by atoms with Crippen LogP contribution in [0.25, 0.3) is 0 Å². The van der Waals surface area contributed by atoms with Crippen molar-refractivity contribution in [3.8, 4) is 0 Å². The molecule has 0 aromatic heterocycles. The number of nitrogens with one attached hydrogen (secondary N) is 1. The van der Waals surface area contributed by atoms with Gasteiger partial charge in [0, 0.05) is 48.5 Å². The molecule has 0 bridgehead atoms. The van der Waals surface area contributed by atoms with Crippen LogP contribution in [0.2, 0.25) is 0 Å². The molecule has 2 heterocycles. The Balaban J connectivity index is 0.000000587. The quantitative estimate of drug-likeness (QED) is 0.477. The van der Waals surface area contributed by atoms with Gasteiger partial charge in [0.15, 0.2) is 0 Å². The summed E-state index contributed by atoms with van der Waals surface area (Å²) >= 11 is 0. The monoisotopic (exact) mass is 599 g/mol. The SMILES string of the molecule is CC(C)c1ccc(NC(=O)c2cccc(S(=O)(=O)N3CCCC(CN4CCOCC4)C3)c2)cc1.O=C(OF)C(F)F. The molecule has 4 rings (SSSR count). The number of carbonyl (C=O) groups is 2. The zero-order valence-electron chi connectivity index (χ0n) is 23.1. The number of hydrogen-bond donors (Lipinski definition) is 1. The topological polar surface area (TPSA) is 105 Å². The van der Waals surface area contributed by atoms with Crippen LogP contribution in [0, 0.1) is 5.92 Å². The number of anilines is 1. The molecule has 0 spiro atoms. The second-order valence-corrected chi connectivity index (χ2v) is 12.2. The maximum absolute atomic E-state index is 13.4. The van der Waals surface area contributed by atoms with Crippen molar-refractivity contribution in [3.63, 3.8) is 0 Å². The van der Waals surface area contributed by atoms with Crippen LogP contribution in [0.15, 0.2) is 53.4 Å². The summed E-state index contributed by atoms with van der Waals surface area (Å²) in [5, 5.41) is 2.87. The van der Waals surface area contributed by atoms with Gasteiger partial charge in [0.25, 0.3) is 5.91 Å². The number of piperidine rings is 1. The van der Waals surface area contributed by atoms with Gasteiger partial charge in [-0.15, -0.1) is 0 Å². The molecule has 1 N–H and O–H groups in total. The number of amides is 1. The van der Waals surface area contributed by atoms with Crippen LogP contribution in [0.1, 0.15) is 48.5 Å². The average molecular weight is 600 g/mol. The van der Waals surface area contributed by atoms with Crippen LogP contribution in [-0.2, 0) is 24.5 Å². The van der Waals surface area contributed by atoms with E-state index in [4.69, 9.17) is 9.53 Å². The van der Waals surface area contributed by atoms with E-state index in [1.165, 1.54) is 11.6 Å². The molecule has 2 aliphatic heterocycles. The fraction of sp³-hybridized carbons (Fsp3) is 0.500. The Labute approximate surface area is 238 Å². The molecule has 226 valence electrons. The van der Waals surface area contributed by atoms with E-state index in [0.29, 0.717) is 36.2 Å². The minimum absolute atomic E-state index is 0.169. The molecule has 1 unspecified atom stereocenters. The molecule has 0 aliphatic carbocycles. The third-order valence-corrected chi connectivity index (χ3v) is 8.79. The van der Waals surface area contributed by atoms with Crippen molar-refractivity contribution in [2.24, 2.45) is 5.92 Å². The van der Waals surface area contributed by atoms with Crippen molar-refractivity contribution in [2.45, 2.75) is 43.9 Å². The van der Waals surface area contributed by atoms with Gasteiger partial charge >= 0.3 is 12.4 Å². The number of nitrogens with zero attached hydrogens (tertiary/aromatic N) is 2. The van der Waals surface area contributed by atoms with Crippen molar-refractivity contribution in [1.29, 1.82) is 0 Å². The van der Waals surface area contributed by atoms with Crippen LogP contribution < -0.4 is 5.32 Å². The fourth-order valence-electron chi connectivity index (χ4n) is 4.68. The molecular formula is C28H36F3N3O6S. The number of sulfonamides is 1. The molecule has 2 saturated heterocycles. The van der Waals surface area contributed by atoms with Gasteiger partial charge < -0.3 is 10.1 Å². The van der Waals surface area contributed by atoms with Crippen molar-refractivity contribution < 1.29 is 41.0 Å². The molecule has 41 heavy (non-hydrogen) atoms. The lowest BCUT2D eigenvalue weighted by Crippen LogP contribution is -2.46. The van der Waals surface area contributed by atoms with E-state index in [1.807, 2.05) is 24.3 Å². The summed E-state index contributed by atoms with van der Waals surface area (Å²) in [7, 11) is -3.67. The molecule has 2 fully saturated rings. The first-order valence-electron chi connectivity index (χ1n) is 13.4. The van der Waals surface area contributed by atoms with Crippen molar-refractivity contribution >= 4 is 27.6 Å². The lowest BCUT2D eigenvalue weighted by molar-refractivity contribution is -0.196. The molecular weight excluding hydrogens is 563 g/mol. The highest BCUT2D eigenvalue weighted by molar-refractivity contribution is 7.89. The van der Waals surface area contributed by atoms with Gasteiger partial charge in [0.2, 0.25) is 10.0 Å². The van der Waals surface area contributed by atoms with E-state index in [1.54, 1.807) is 22.5 Å². The lowest BCUT2D eigenvalue weighted by atomic mass is 9.99. The number of alkyl halides is 2. The van der Waals surface area contributed by atoms with E-state index in [9.17, 15) is 26.5 Å². The number of ether oxygens (including phenoxy) is 1. The Hall–Kier alpha value is -3.00. The Morgan fingerprint density at radius 3 is 2.34 bits per heavy atom. The largest absolute Gasteiger partial charge is 0.414 e. The van der Waals surface area contributed by atoms with Crippen LogP contribution in [0.3, 0.4) is 0 Å². The highest BCUT2D eigenvalue weighted by Crippen LogP contribution is 2.26. The first-order valence-corrected chi connectivity index (χ1v) is 14.9. The van der Waals surface area contributed by atoms with Crippen molar-refractivity contribution in [1.82, 2.24) is 9.21 Å². The fourth-order valence-corrected chi connectivity index (χ4v) is 6.28. The Morgan fingerprint density at radius 2 is 1.76 bits per heavy atom. The van der Waals surface area contributed by atoms with Crippen molar-refractivity contribution in [2.75, 3.05) is 51.3 Å². The average Bonchev–Trinajstić information content (AvgIpc) is 2.98. The van der Waals surface area contributed by atoms with Gasteiger partial charge in [0.05, 0.1) is 18.1 Å².